The first kappa shape index (κ1) is 12.1. The predicted octanol–water partition coefficient (Wildman–Crippen LogP) is 1.35. The molecule has 0 aromatic heterocycles. The highest BCUT2D eigenvalue weighted by molar-refractivity contribution is 6.62. The van der Waals surface area contributed by atoms with Crippen molar-refractivity contribution in [3.05, 3.63) is 0 Å². The number of carbonyl (C=O) groups is 2. The summed E-state index contributed by atoms with van der Waals surface area (Å²) in [5.41, 5.74) is 0. The second kappa shape index (κ2) is 4.67. The first-order chi connectivity index (χ1) is 6.91. The molecule has 0 unspecified atom stereocenters. The molecule has 1 aliphatic rings. The second-order valence-corrected chi connectivity index (χ2v) is 3.90. The number of hydrogen-bond acceptors (Lipinski definition) is 4. The van der Waals surface area contributed by atoms with E-state index in [1.165, 1.54) is 9.96 Å². The molecule has 1 amide bonds. The minimum atomic E-state index is -1.35. The Morgan fingerprint density at radius 2 is 1.80 bits per heavy atom. The van der Waals surface area contributed by atoms with Gasteiger partial charge in [-0.05, 0) is 25.4 Å². The molecule has 1 rings (SSSR count). The van der Waals surface area contributed by atoms with Gasteiger partial charge >= 0.3 is 11.5 Å². The van der Waals surface area contributed by atoms with Crippen LogP contribution >= 0.6 is 11.6 Å². The van der Waals surface area contributed by atoms with Gasteiger partial charge in [0.05, 0.1) is 12.1 Å². The molecule has 0 saturated carbocycles. The number of nitrogens with zero attached hydrogens (tertiary/aromatic N) is 2. The highest BCUT2D eigenvalue weighted by atomic mass is 35.5. The van der Waals surface area contributed by atoms with Crippen LogP contribution in [0.3, 0.4) is 0 Å². The van der Waals surface area contributed by atoms with E-state index in [0.29, 0.717) is 13.1 Å². The third-order valence-electron chi connectivity index (χ3n) is 2.27. The van der Waals surface area contributed by atoms with Crippen molar-refractivity contribution in [3.8, 4) is 0 Å². The van der Waals surface area contributed by atoms with Crippen molar-refractivity contribution < 1.29 is 19.5 Å². The summed E-state index contributed by atoms with van der Waals surface area (Å²) in [7, 11) is 0. The summed E-state index contributed by atoms with van der Waals surface area (Å²) in [4.78, 5) is 27.4. The van der Waals surface area contributed by atoms with Crippen LogP contribution in [0.25, 0.3) is 0 Å². The molecular formula is C8H13ClN2O4. The molecule has 15 heavy (non-hydrogen) atoms. The fourth-order valence-corrected chi connectivity index (χ4v) is 1.86. The number of halogens is 1. The van der Waals surface area contributed by atoms with Gasteiger partial charge in [0, 0.05) is 13.1 Å². The lowest BCUT2D eigenvalue weighted by atomic mass is 10.1. The Labute approximate surface area is 92.3 Å². The molecule has 1 N–H and O–H groups in total. The van der Waals surface area contributed by atoms with Gasteiger partial charge in [0.1, 0.15) is 0 Å². The molecule has 1 aliphatic heterocycles. The Bertz CT molecular complexity index is 261. The zero-order chi connectivity index (χ0) is 11.6. The van der Waals surface area contributed by atoms with E-state index in [-0.39, 0.29) is 12.1 Å². The SMILES string of the molecule is C[C@@H]1CN(C(=O)Cl)C[C@H](C)N1OC(=O)O. The van der Waals surface area contributed by atoms with E-state index in [1.807, 2.05) is 0 Å². The van der Waals surface area contributed by atoms with E-state index in [0.717, 1.165) is 0 Å². The van der Waals surface area contributed by atoms with Crippen molar-refractivity contribution in [1.82, 2.24) is 9.96 Å². The standard InChI is InChI=1S/C8H13ClN2O4/c1-5-3-10(7(9)12)4-6(2)11(5)15-8(13)14/h5-6H,3-4H2,1-2H3,(H,13,14)/t5-,6+. The largest absolute Gasteiger partial charge is 0.525 e. The number of hydrogen-bond donors (Lipinski definition) is 1. The maximum absolute atomic E-state index is 10.9. The Hall–Kier alpha value is -1.01. The van der Waals surface area contributed by atoms with E-state index in [9.17, 15) is 9.59 Å². The summed E-state index contributed by atoms with van der Waals surface area (Å²) in [6.45, 7) is 4.26. The van der Waals surface area contributed by atoms with E-state index < -0.39 is 11.5 Å². The Morgan fingerprint density at radius 1 is 1.33 bits per heavy atom. The van der Waals surface area contributed by atoms with Crippen LogP contribution < -0.4 is 0 Å². The van der Waals surface area contributed by atoms with Crippen molar-refractivity contribution in [2.45, 2.75) is 25.9 Å². The topological polar surface area (TPSA) is 70.1 Å². The first-order valence-corrected chi connectivity index (χ1v) is 4.93. The fourth-order valence-electron chi connectivity index (χ4n) is 1.72. The highest BCUT2D eigenvalue weighted by Gasteiger charge is 2.33. The van der Waals surface area contributed by atoms with Gasteiger partial charge in [-0.3, -0.25) is 4.79 Å². The Kier molecular flexibility index (Phi) is 3.76. The summed E-state index contributed by atoms with van der Waals surface area (Å²) in [6, 6.07) is -0.403. The third-order valence-corrected chi connectivity index (χ3v) is 2.51. The summed E-state index contributed by atoms with van der Waals surface area (Å²) in [6.07, 6.45) is -1.35. The smallest absolute Gasteiger partial charge is 0.448 e. The van der Waals surface area contributed by atoms with Crippen molar-refractivity contribution in [2.24, 2.45) is 0 Å². The minimum absolute atomic E-state index is 0.201. The molecule has 0 bridgehead atoms. The van der Waals surface area contributed by atoms with Gasteiger partial charge in [-0.2, -0.15) is 0 Å². The maximum atomic E-state index is 10.9. The van der Waals surface area contributed by atoms with Crippen LogP contribution in [0.4, 0.5) is 9.59 Å². The van der Waals surface area contributed by atoms with Crippen LogP contribution in [0.2, 0.25) is 0 Å². The summed E-state index contributed by atoms with van der Waals surface area (Å²) in [5, 5.41) is 9.34. The fraction of sp³-hybridized carbons (Fsp3) is 0.750. The molecule has 1 fully saturated rings. The molecule has 0 aromatic carbocycles. The first-order valence-electron chi connectivity index (χ1n) is 4.55. The molecule has 0 aliphatic carbocycles. The second-order valence-electron chi connectivity index (χ2n) is 3.57. The van der Waals surface area contributed by atoms with Gasteiger partial charge in [-0.25, -0.2) is 4.79 Å². The molecule has 1 heterocycles. The van der Waals surface area contributed by atoms with Gasteiger partial charge in [-0.1, -0.05) is 0 Å². The number of amides is 1. The zero-order valence-corrected chi connectivity index (χ0v) is 9.27. The lowest BCUT2D eigenvalue weighted by Crippen LogP contribution is -2.57. The zero-order valence-electron chi connectivity index (χ0n) is 8.51. The van der Waals surface area contributed by atoms with E-state index >= 15 is 0 Å². The number of hydroxylamine groups is 2. The molecule has 0 aromatic rings. The summed E-state index contributed by atoms with van der Waals surface area (Å²) in [5.74, 6) is 0. The van der Waals surface area contributed by atoms with Gasteiger partial charge in [0.25, 0.3) is 0 Å². The summed E-state index contributed by atoms with van der Waals surface area (Å²) < 4.78 is 0. The van der Waals surface area contributed by atoms with E-state index in [2.05, 4.69) is 4.84 Å². The molecule has 7 heteroatoms. The molecular weight excluding hydrogens is 224 g/mol. The Balaban J connectivity index is 2.64. The van der Waals surface area contributed by atoms with Gasteiger partial charge < -0.3 is 14.8 Å². The lowest BCUT2D eigenvalue weighted by molar-refractivity contribution is -0.187. The highest BCUT2D eigenvalue weighted by Crippen LogP contribution is 2.17. The molecule has 0 radical (unpaired) electrons. The van der Waals surface area contributed by atoms with Crippen LogP contribution in [0, 0.1) is 0 Å². The van der Waals surface area contributed by atoms with Crippen LogP contribution in [-0.2, 0) is 4.84 Å². The molecule has 86 valence electrons. The molecule has 0 spiro atoms. The van der Waals surface area contributed by atoms with Crippen molar-refractivity contribution in [3.63, 3.8) is 0 Å². The third kappa shape index (κ3) is 2.97. The quantitative estimate of drug-likeness (QED) is 0.550. The van der Waals surface area contributed by atoms with Crippen LogP contribution in [0.1, 0.15) is 13.8 Å². The predicted molar refractivity (Wildman–Crippen MR) is 52.7 cm³/mol. The molecule has 1 saturated heterocycles. The van der Waals surface area contributed by atoms with Gasteiger partial charge in [0.2, 0.25) is 0 Å². The van der Waals surface area contributed by atoms with Crippen LogP contribution in [0.15, 0.2) is 0 Å². The number of rotatable bonds is 1. The van der Waals surface area contributed by atoms with Crippen molar-refractivity contribution in [2.75, 3.05) is 13.1 Å². The van der Waals surface area contributed by atoms with Crippen LogP contribution in [0.5, 0.6) is 0 Å². The van der Waals surface area contributed by atoms with Crippen molar-refractivity contribution >= 4 is 23.1 Å². The normalized spacial score (nSPS) is 27.5. The van der Waals surface area contributed by atoms with Gasteiger partial charge in [0.15, 0.2) is 0 Å². The molecule has 6 nitrogen and oxygen atoms in total. The molecule has 2 atom stereocenters. The average molecular weight is 237 g/mol. The number of piperazine rings is 1. The maximum Gasteiger partial charge on any atom is 0.525 e. The summed E-state index contributed by atoms with van der Waals surface area (Å²) >= 11 is 5.35. The van der Waals surface area contributed by atoms with Gasteiger partial charge in [-0.15, -0.1) is 5.06 Å². The van der Waals surface area contributed by atoms with E-state index in [1.54, 1.807) is 13.8 Å². The monoisotopic (exact) mass is 236 g/mol. The lowest BCUT2D eigenvalue weighted by Gasteiger charge is -2.40. The van der Waals surface area contributed by atoms with Crippen LogP contribution in [-0.4, -0.2) is 51.8 Å². The average Bonchev–Trinajstić information content (AvgIpc) is 2.10. The van der Waals surface area contributed by atoms with E-state index in [4.69, 9.17) is 16.7 Å². The Morgan fingerprint density at radius 3 is 2.13 bits per heavy atom. The van der Waals surface area contributed by atoms with Crippen molar-refractivity contribution in [1.29, 1.82) is 0 Å². The number of carbonyl (C=O) groups excluding carboxylic acids is 1. The minimum Gasteiger partial charge on any atom is -0.448 e. The number of carboxylic acid groups (broad SMARTS) is 1.